The maximum atomic E-state index is 11.4. The number of pyridine rings is 1. The van der Waals surface area contributed by atoms with Crippen LogP contribution in [0.2, 0.25) is 0 Å². The van der Waals surface area contributed by atoms with Gasteiger partial charge in [-0.2, -0.15) is 0 Å². The van der Waals surface area contributed by atoms with Crippen LogP contribution in [-0.4, -0.2) is 34.2 Å². The Kier molecular flexibility index (Phi) is 5.76. The number of rotatable bonds is 8. The molecule has 0 aliphatic rings. The summed E-state index contributed by atoms with van der Waals surface area (Å²) >= 11 is 0. The van der Waals surface area contributed by atoms with Crippen LogP contribution in [0.3, 0.4) is 0 Å². The molecule has 0 aliphatic heterocycles. The van der Waals surface area contributed by atoms with Crippen LogP contribution >= 0.6 is 0 Å². The van der Waals surface area contributed by atoms with Gasteiger partial charge in [-0.1, -0.05) is 24.3 Å². The minimum absolute atomic E-state index is 0.0692. The first-order chi connectivity index (χ1) is 13.0. The number of nitrogens with zero attached hydrogens (tertiary/aromatic N) is 1. The molecule has 1 atom stereocenters. The van der Waals surface area contributed by atoms with Crippen LogP contribution in [0.15, 0.2) is 36.4 Å². The maximum absolute atomic E-state index is 11.4. The second-order valence-electron chi connectivity index (χ2n) is 6.90. The van der Waals surface area contributed by atoms with E-state index in [0.717, 1.165) is 29.6 Å². The van der Waals surface area contributed by atoms with E-state index >= 15 is 0 Å². The van der Waals surface area contributed by atoms with E-state index in [1.54, 1.807) is 13.2 Å². The van der Waals surface area contributed by atoms with Crippen molar-refractivity contribution in [1.82, 2.24) is 9.97 Å². The molecule has 0 spiro atoms. The highest BCUT2D eigenvalue weighted by Crippen LogP contribution is 2.25. The number of aromatic amines is 1. The third-order valence-electron chi connectivity index (χ3n) is 4.56. The number of hydrogen-bond acceptors (Lipinski definition) is 4. The molecule has 0 radical (unpaired) electrons. The smallest absolute Gasteiger partial charge is 0.307 e. The first kappa shape index (κ1) is 18.9. The zero-order chi connectivity index (χ0) is 19.4. The summed E-state index contributed by atoms with van der Waals surface area (Å²) in [6.07, 6.45) is 2.29. The molecule has 1 aromatic carbocycles. The number of aromatic nitrogens is 2. The number of nitrogens with two attached hydrogens (primary N) is 1. The van der Waals surface area contributed by atoms with Crippen LogP contribution in [0, 0.1) is 0 Å². The summed E-state index contributed by atoms with van der Waals surface area (Å²) < 4.78 is 5.18. The SMILES string of the molecule is COc1ccc2[nH]c(CCc3cccc(CC(C)N)c3)c(CC(=O)O)c2n1. The predicted octanol–water partition coefficient (Wildman–Crippen LogP) is 2.87. The second-order valence-corrected chi connectivity index (χ2v) is 6.90. The number of aliphatic carboxylic acids is 1. The van der Waals surface area contributed by atoms with Crippen molar-refractivity contribution < 1.29 is 14.6 Å². The lowest BCUT2D eigenvalue weighted by atomic mass is 10.00. The number of fused-ring (bicyclic) bond motifs is 1. The van der Waals surface area contributed by atoms with Crippen molar-refractivity contribution in [1.29, 1.82) is 0 Å². The first-order valence-electron chi connectivity index (χ1n) is 9.06. The lowest BCUT2D eigenvalue weighted by Gasteiger charge is -2.08. The summed E-state index contributed by atoms with van der Waals surface area (Å²) in [5, 5.41) is 9.32. The van der Waals surface area contributed by atoms with Gasteiger partial charge >= 0.3 is 5.97 Å². The number of carboxylic acids is 1. The Balaban J connectivity index is 1.86. The van der Waals surface area contributed by atoms with E-state index in [9.17, 15) is 9.90 Å². The highest BCUT2D eigenvalue weighted by atomic mass is 16.5. The van der Waals surface area contributed by atoms with E-state index in [2.05, 4.69) is 28.2 Å². The van der Waals surface area contributed by atoms with Crippen LogP contribution in [0.1, 0.15) is 29.3 Å². The van der Waals surface area contributed by atoms with Crippen molar-refractivity contribution in [3.05, 3.63) is 58.8 Å². The Morgan fingerprint density at radius 1 is 1.26 bits per heavy atom. The van der Waals surface area contributed by atoms with Gasteiger partial charge in [-0.25, -0.2) is 4.98 Å². The van der Waals surface area contributed by atoms with Crippen molar-refractivity contribution in [3.63, 3.8) is 0 Å². The lowest BCUT2D eigenvalue weighted by Crippen LogP contribution is -2.17. The van der Waals surface area contributed by atoms with Crippen LogP contribution in [0.25, 0.3) is 11.0 Å². The molecular weight excluding hydrogens is 342 g/mol. The monoisotopic (exact) mass is 367 g/mol. The van der Waals surface area contributed by atoms with Gasteiger partial charge in [-0.15, -0.1) is 0 Å². The molecule has 3 rings (SSSR count). The van der Waals surface area contributed by atoms with Crippen molar-refractivity contribution in [2.24, 2.45) is 5.73 Å². The largest absolute Gasteiger partial charge is 0.481 e. The molecule has 6 heteroatoms. The Hall–Kier alpha value is -2.86. The molecule has 6 nitrogen and oxygen atoms in total. The molecule has 142 valence electrons. The molecule has 1 unspecified atom stereocenters. The van der Waals surface area contributed by atoms with Crippen molar-refractivity contribution >= 4 is 17.0 Å². The minimum Gasteiger partial charge on any atom is -0.481 e. The van der Waals surface area contributed by atoms with Gasteiger partial charge in [-0.3, -0.25) is 4.79 Å². The first-order valence-corrected chi connectivity index (χ1v) is 9.06. The molecule has 0 aliphatic carbocycles. The average molecular weight is 367 g/mol. The Bertz CT molecular complexity index is 947. The second kappa shape index (κ2) is 8.22. The third kappa shape index (κ3) is 4.65. The molecule has 0 fully saturated rings. The van der Waals surface area contributed by atoms with E-state index in [0.29, 0.717) is 17.8 Å². The van der Waals surface area contributed by atoms with E-state index in [1.165, 1.54) is 11.1 Å². The van der Waals surface area contributed by atoms with Crippen molar-refractivity contribution in [3.8, 4) is 5.88 Å². The van der Waals surface area contributed by atoms with Gasteiger partial charge in [0.15, 0.2) is 0 Å². The summed E-state index contributed by atoms with van der Waals surface area (Å²) in [5.41, 5.74) is 11.4. The summed E-state index contributed by atoms with van der Waals surface area (Å²) in [4.78, 5) is 19.1. The van der Waals surface area contributed by atoms with Gasteiger partial charge in [-0.05, 0) is 43.4 Å². The number of nitrogens with one attached hydrogen (secondary N) is 1. The summed E-state index contributed by atoms with van der Waals surface area (Å²) in [5.74, 6) is -0.399. The molecule has 3 aromatic rings. The molecule has 27 heavy (non-hydrogen) atoms. The van der Waals surface area contributed by atoms with Gasteiger partial charge in [0.05, 0.1) is 24.6 Å². The predicted molar refractivity (Wildman–Crippen MR) is 105 cm³/mol. The Morgan fingerprint density at radius 3 is 2.74 bits per heavy atom. The van der Waals surface area contributed by atoms with Gasteiger partial charge in [0.25, 0.3) is 0 Å². The van der Waals surface area contributed by atoms with E-state index < -0.39 is 5.97 Å². The molecule has 2 heterocycles. The highest BCUT2D eigenvalue weighted by Gasteiger charge is 2.16. The summed E-state index contributed by atoms with van der Waals surface area (Å²) in [7, 11) is 1.55. The van der Waals surface area contributed by atoms with Crippen LogP contribution in [0.4, 0.5) is 0 Å². The lowest BCUT2D eigenvalue weighted by molar-refractivity contribution is -0.136. The van der Waals surface area contributed by atoms with Crippen molar-refractivity contribution in [2.45, 2.75) is 38.6 Å². The fraction of sp³-hybridized carbons (Fsp3) is 0.333. The van der Waals surface area contributed by atoms with Crippen molar-refractivity contribution in [2.75, 3.05) is 7.11 Å². The Labute approximate surface area is 158 Å². The van der Waals surface area contributed by atoms with Crippen LogP contribution < -0.4 is 10.5 Å². The number of carbonyl (C=O) groups is 1. The normalized spacial score (nSPS) is 12.3. The number of benzene rings is 1. The van der Waals surface area contributed by atoms with E-state index in [-0.39, 0.29) is 12.5 Å². The zero-order valence-electron chi connectivity index (χ0n) is 15.7. The van der Waals surface area contributed by atoms with E-state index in [1.807, 2.05) is 19.1 Å². The summed E-state index contributed by atoms with van der Waals surface area (Å²) in [6.45, 7) is 2.00. The third-order valence-corrected chi connectivity index (χ3v) is 4.56. The topological polar surface area (TPSA) is 101 Å². The standard InChI is InChI=1S/C21H25N3O3/c1-13(22)10-15-5-3-4-14(11-15)6-7-17-16(12-20(25)26)21-18(23-17)8-9-19(24-21)27-2/h3-5,8-9,11,13,23H,6-7,10,12,22H2,1-2H3,(H,25,26). The number of H-pyrrole nitrogens is 1. The van der Waals surface area contributed by atoms with Crippen LogP contribution in [-0.2, 0) is 30.5 Å². The van der Waals surface area contributed by atoms with Gasteiger partial charge in [0.2, 0.25) is 5.88 Å². The molecule has 0 bridgehead atoms. The summed E-state index contributed by atoms with van der Waals surface area (Å²) in [6, 6.07) is 12.2. The molecule has 4 N–H and O–H groups in total. The molecule has 2 aromatic heterocycles. The number of carboxylic acid groups (broad SMARTS) is 1. The van der Waals surface area contributed by atoms with E-state index in [4.69, 9.17) is 10.5 Å². The highest BCUT2D eigenvalue weighted by molar-refractivity contribution is 5.85. The van der Waals surface area contributed by atoms with Crippen LogP contribution in [0.5, 0.6) is 5.88 Å². The molecule has 0 saturated carbocycles. The van der Waals surface area contributed by atoms with Gasteiger partial charge in [0, 0.05) is 23.4 Å². The molecule has 0 saturated heterocycles. The van der Waals surface area contributed by atoms with Gasteiger partial charge in [0.1, 0.15) is 0 Å². The molecular formula is C21H25N3O3. The zero-order valence-corrected chi connectivity index (χ0v) is 15.7. The molecule has 0 amide bonds. The minimum atomic E-state index is -0.874. The fourth-order valence-corrected chi connectivity index (χ4v) is 3.38. The quantitative estimate of drug-likeness (QED) is 0.568. The maximum Gasteiger partial charge on any atom is 0.307 e. The number of methoxy groups -OCH3 is 1. The number of ether oxygens (including phenoxy) is 1. The number of aryl methyl sites for hydroxylation is 2. The fourth-order valence-electron chi connectivity index (χ4n) is 3.38. The number of hydrogen-bond donors (Lipinski definition) is 3. The van der Waals surface area contributed by atoms with Gasteiger partial charge < -0.3 is 20.6 Å². The Morgan fingerprint density at radius 2 is 2.04 bits per heavy atom. The average Bonchev–Trinajstić information content (AvgIpc) is 2.96.